The molecule has 0 amide bonds. The average Bonchev–Trinajstić information content (AvgIpc) is 3.13. The number of allylic oxidation sites excluding steroid dienone is 2. The molecule has 6 aromatic rings. The van der Waals surface area contributed by atoms with E-state index in [2.05, 4.69) is 104 Å². The molecule has 258 valence electrons. The zero-order valence-corrected chi connectivity index (χ0v) is 35.0. The third kappa shape index (κ3) is 7.19. The van der Waals surface area contributed by atoms with Crippen LogP contribution >= 0.6 is 63.7 Å². The highest BCUT2D eigenvalue weighted by Crippen LogP contribution is 2.37. The van der Waals surface area contributed by atoms with Crippen LogP contribution in [0.2, 0.25) is 0 Å². The van der Waals surface area contributed by atoms with Crippen molar-refractivity contribution in [2.75, 3.05) is 0 Å². The van der Waals surface area contributed by atoms with Gasteiger partial charge < -0.3 is 4.74 Å². The fraction of sp³-hybridized carbons (Fsp3) is 0.114. The van der Waals surface area contributed by atoms with Gasteiger partial charge in [-0.25, -0.2) is 4.42 Å². The third-order valence-electron chi connectivity index (χ3n) is 9.52. The van der Waals surface area contributed by atoms with Gasteiger partial charge in [-0.3, -0.25) is 9.59 Å². The maximum absolute atomic E-state index is 13.7. The molecule has 1 unspecified atom stereocenters. The normalized spacial score (nSPS) is 14.1. The molecule has 0 saturated heterocycles. The zero-order valence-electron chi connectivity index (χ0n) is 28.6. The van der Waals surface area contributed by atoms with Gasteiger partial charge in [0.1, 0.15) is 11.5 Å². The molecular weight excluding hydrogens is 912 g/mol. The minimum absolute atomic E-state index is 0.138. The molecule has 8 heteroatoms. The van der Waals surface area contributed by atoms with Gasteiger partial charge in [0.2, 0.25) is 10.9 Å². The summed E-state index contributed by atoms with van der Waals surface area (Å²) in [5.74, 6) is 2.20. The molecule has 0 fully saturated rings. The SMILES string of the molecule is Cc1cccc(C2=CC(C=c3c(=O)c(=Cc4cc(-c5ccc(Br)c(Br)c5)[o+]c(-c5cccc(C)c5C)c4)c3=O)C=C(c3ccc(Br)c(Br)c3)O2)c1C. The molecule has 0 saturated carbocycles. The highest BCUT2D eigenvalue weighted by Gasteiger charge is 2.24. The quantitative estimate of drug-likeness (QED) is 0.156. The van der Waals surface area contributed by atoms with E-state index in [4.69, 9.17) is 9.15 Å². The number of rotatable bonds is 6. The summed E-state index contributed by atoms with van der Waals surface area (Å²) in [6, 6.07) is 27.7. The molecule has 0 aliphatic carbocycles. The van der Waals surface area contributed by atoms with E-state index in [0.29, 0.717) is 28.6 Å². The van der Waals surface area contributed by atoms with Crippen molar-refractivity contribution < 1.29 is 9.15 Å². The lowest BCUT2D eigenvalue weighted by Gasteiger charge is -2.23. The van der Waals surface area contributed by atoms with Gasteiger partial charge in [-0.2, -0.15) is 0 Å². The Morgan fingerprint density at radius 1 is 0.596 bits per heavy atom. The fourth-order valence-corrected chi connectivity index (χ4v) is 7.52. The van der Waals surface area contributed by atoms with Crippen molar-refractivity contribution in [1.82, 2.24) is 0 Å². The summed E-state index contributed by atoms with van der Waals surface area (Å²) in [5, 5.41) is 0.300. The first-order valence-electron chi connectivity index (χ1n) is 16.5. The molecule has 5 aromatic carbocycles. The van der Waals surface area contributed by atoms with Gasteiger partial charge >= 0.3 is 11.5 Å². The number of ether oxygens (including phenoxy) is 1. The zero-order chi connectivity index (χ0) is 36.8. The lowest BCUT2D eigenvalue weighted by atomic mass is 9.95. The number of benzene rings is 4. The number of aryl methyl sites for hydroxylation is 2. The monoisotopic (exact) mass is 939 g/mol. The van der Waals surface area contributed by atoms with Crippen LogP contribution in [0.3, 0.4) is 0 Å². The Labute approximate surface area is 335 Å². The summed E-state index contributed by atoms with van der Waals surface area (Å²) < 4.78 is 16.6. The molecule has 7 rings (SSSR count). The van der Waals surface area contributed by atoms with Crippen LogP contribution in [0.25, 0.3) is 46.3 Å². The van der Waals surface area contributed by atoms with Crippen LogP contribution in [-0.2, 0) is 4.74 Å². The largest absolute Gasteiger partial charge is 0.457 e. The molecular formula is C44H31Br4O4+. The number of hydrogen-bond acceptors (Lipinski definition) is 3. The van der Waals surface area contributed by atoms with Gasteiger partial charge in [0.05, 0.1) is 33.7 Å². The molecule has 0 bridgehead atoms. The Hall–Kier alpha value is -3.95. The van der Waals surface area contributed by atoms with Crippen molar-refractivity contribution in [2.24, 2.45) is 5.92 Å². The molecule has 0 N–H and O–H groups in total. The van der Waals surface area contributed by atoms with Crippen LogP contribution in [0, 0.1) is 33.6 Å². The van der Waals surface area contributed by atoms with E-state index in [1.807, 2.05) is 84.9 Å². The standard InChI is InChI=1S/C44H31Br4O4/c1-23-7-5-9-31(25(23)3)41-19-27(17-39(51-41)29-11-13-35(45)37(47)21-29)15-33-43(49)34(44(33)50)16-28-18-40(30-12-14-36(46)38(48)22-30)52-42(20-28)32-10-6-8-24(2)26(32)4/h5-22,27H,1-4H3/q+1. The average molecular weight is 943 g/mol. The Morgan fingerprint density at radius 2 is 1.15 bits per heavy atom. The summed E-state index contributed by atoms with van der Waals surface area (Å²) >= 11 is 14.3. The number of hydrogen-bond donors (Lipinski definition) is 0. The Kier molecular flexibility index (Phi) is 10.4. The minimum Gasteiger partial charge on any atom is -0.457 e. The minimum atomic E-state index is -0.362. The van der Waals surface area contributed by atoms with Crippen molar-refractivity contribution in [1.29, 1.82) is 0 Å². The molecule has 1 aromatic heterocycles. The Balaban J connectivity index is 1.35. The van der Waals surface area contributed by atoms with E-state index in [1.165, 1.54) is 0 Å². The van der Waals surface area contributed by atoms with Gasteiger partial charge in [-0.05, 0) is 174 Å². The second kappa shape index (κ2) is 14.8. The van der Waals surface area contributed by atoms with Gasteiger partial charge in [0.25, 0.3) is 0 Å². The molecule has 2 heterocycles. The second-order valence-corrected chi connectivity index (χ2v) is 16.3. The van der Waals surface area contributed by atoms with Crippen LogP contribution in [0.4, 0.5) is 0 Å². The molecule has 52 heavy (non-hydrogen) atoms. The van der Waals surface area contributed by atoms with Crippen molar-refractivity contribution in [3.05, 3.63) is 185 Å². The van der Waals surface area contributed by atoms with Crippen molar-refractivity contribution in [3.8, 4) is 22.6 Å². The Bertz CT molecular complexity index is 2670. The van der Waals surface area contributed by atoms with E-state index in [9.17, 15) is 9.59 Å². The molecule has 0 radical (unpaired) electrons. The first kappa shape index (κ1) is 36.4. The van der Waals surface area contributed by atoms with E-state index in [-0.39, 0.29) is 27.2 Å². The van der Waals surface area contributed by atoms with E-state index in [0.717, 1.165) is 62.4 Å². The fourth-order valence-electron chi connectivity index (χ4n) is 6.27. The lowest BCUT2D eigenvalue weighted by molar-refractivity contribution is 0.458. The third-order valence-corrected chi connectivity index (χ3v) is 13.3. The molecule has 1 aliphatic heterocycles. The maximum Gasteiger partial charge on any atom is 0.361 e. The summed E-state index contributed by atoms with van der Waals surface area (Å²) in [5.41, 5.74) is 8.19. The van der Waals surface area contributed by atoms with Gasteiger partial charge in [-0.15, -0.1) is 0 Å². The smallest absolute Gasteiger partial charge is 0.361 e. The first-order chi connectivity index (χ1) is 24.9. The lowest BCUT2D eigenvalue weighted by Crippen LogP contribution is -2.64. The predicted molar refractivity (Wildman–Crippen MR) is 226 cm³/mol. The van der Waals surface area contributed by atoms with Crippen LogP contribution in [0.5, 0.6) is 0 Å². The van der Waals surface area contributed by atoms with Crippen molar-refractivity contribution >= 4 is 87.4 Å². The number of halogens is 4. The van der Waals surface area contributed by atoms with Gasteiger partial charge in [0, 0.05) is 34.9 Å². The highest BCUT2D eigenvalue weighted by molar-refractivity contribution is 9.13. The van der Waals surface area contributed by atoms with Crippen LogP contribution in [0.15, 0.2) is 129 Å². The van der Waals surface area contributed by atoms with Crippen LogP contribution in [-0.4, -0.2) is 0 Å². The summed E-state index contributed by atoms with van der Waals surface area (Å²) in [7, 11) is 0. The van der Waals surface area contributed by atoms with E-state index >= 15 is 0 Å². The van der Waals surface area contributed by atoms with Crippen LogP contribution < -0.4 is 21.3 Å². The van der Waals surface area contributed by atoms with E-state index < -0.39 is 0 Å². The first-order valence-corrected chi connectivity index (χ1v) is 19.7. The summed E-state index contributed by atoms with van der Waals surface area (Å²) in [6.07, 6.45) is 7.32. The van der Waals surface area contributed by atoms with E-state index in [1.54, 1.807) is 12.2 Å². The molecule has 4 nitrogen and oxygen atoms in total. The predicted octanol–water partition coefficient (Wildman–Crippen LogP) is 11.1. The van der Waals surface area contributed by atoms with Crippen LogP contribution in [0.1, 0.15) is 38.9 Å². The molecule has 1 aliphatic rings. The van der Waals surface area contributed by atoms with Crippen molar-refractivity contribution in [3.63, 3.8) is 0 Å². The summed E-state index contributed by atoms with van der Waals surface area (Å²) in [4.78, 5) is 27.5. The topological polar surface area (TPSA) is 54.7 Å². The van der Waals surface area contributed by atoms with Gasteiger partial charge in [-0.1, -0.05) is 42.5 Å². The molecule has 0 spiro atoms. The molecule has 1 atom stereocenters. The second-order valence-electron chi connectivity index (χ2n) is 12.9. The maximum atomic E-state index is 13.7. The highest BCUT2D eigenvalue weighted by atomic mass is 79.9. The van der Waals surface area contributed by atoms with Gasteiger partial charge in [0.15, 0.2) is 0 Å². The Morgan fingerprint density at radius 3 is 1.81 bits per heavy atom. The van der Waals surface area contributed by atoms with Crippen molar-refractivity contribution in [2.45, 2.75) is 27.7 Å². The summed E-state index contributed by atoms with van der Waals surface area (Å²) in [6.45, 7) is 8.25.